The highest BCUT2D eigenvalue weighted by Gasteiger charge is 2.08. The summed E-state index contributed by atoms with van der Waals surface area (Å²) < 4.78 is 0.923. The van der Waals surface area contributed by atoms with E-state index in [0.717, 1.165) is 10.0 Å². The van der Waals surface area contributed by atoms with Crippen molar-refractivity contribution in [3.05, 3.63) is 20.8 Å². The number of nitrogens with zero attached hydrogens (tertiary/aromatic N) is 1. The van der Waals surface area contributed by atoms with E-state index in [1.165, 1.54) is 11.3 Å². The number of thiophene rings is 1. The Morgan fingerprint density at radius 3 is 2.80 bits per heavy atom. The van der Waals surface area contributed by atoms with Crippen LogP contribution in [0.2, 0.25) is 0 Å². The normalized spacial score (nSPS) is 12.5. The SMILES string of the molecule is N#CC(N)c1cscc1Br. The van der Waals surface area contributed by atoms with Gasteiger partial charge in [0.05, 0.1) is 6.07 Å². The summed E-state index contributed by atoms with van der Waals surface area (Å²) in [4.78, 5) is 0. The third-order valence-corrected chi connectivity index (χ3v) is 2.87. The topological polar surface area (TPSA) is 49.8 Å². The summed E-state index contributed by atoms with van der Waals surface area (Å²) in [6.07, 6.45) is 0. The lowest BCUT2D eigenvalue weighted by Crippen LogP contribution is -2.05. The molecule has 1 rings (SSSR count). The monoisotopic (exact) mass is 216 g/mol. The van der Waals surface area contributed by atoms with Crippen LogP contribution in [-0.2, 0) is 0 Å². The van der Waals surface area contributed by atoms with Gasteiger partial charge in [0, 0.05) is 15.4 Å². The lowest BCUT2D eigenvalue weighted by Gasteiger charge is -1.97. The fourth-order valence-corrected chi connectivity index (χ4v) is 2.16. The second-order valence-corrected chi connectivity index (χ2v) is 3.38. The lowest BCUT2D eigenvalue weighted by atomic mass is 10.2. The third-order valence-electron chi connectivity index (χ3n) is 1.12. The van der Waals surface area contributed by atoms with Crippen LogP contribution in [0.15, 0.2) is 15.2 Å². The van der Waals surface area contributed by atoms with Crippen LogP contribution >= 0.6 is 27.3 Å². The van der Waals surface area contributed by atoms with Gasteiger partial charge in [-0.3, -0.25) is 0 Å². The highest BCUT2D eigenvalue weighted by atomic mass is 79.9. The van der Waals surface area contributed by atoms with E-state index in [2.05, 4.69) is 15.9 Å². The van der Waals surface area contributed by atoms with Gasteiger partial charge in [-0.25, -0.2) is 0 Å². The summed E-state index contributed by atoms with van der Waals surface area (Å²) in [5.41, 5.74) is 6.32. The second-order valence-electron chi connectivity index (χ2n) is 1.78. The molecule has 0 saturated carbocycles. The zero-order valence-corrected chi connectivity index (χ0v) is 7.45. The van der Waals surface area contributed by atoms with Crippen molar-refractivity contribution in [3.8, 4) is 6.07 Å². The molecule has 0 fully saturated rings. The largest absolute Gasteiger partial charge is 0.312 e. The molecule has 2 nitrogen and oxygen atoms in total. The van der Waals surface area contributed by atoms with Crippen LogP contribution in [0, 0.1) is 11.3 Å². The van der Waals surface area contributed by atoms with E-state index in [9.17, 15) is 0 Å². The summed E-state index contributed by atoms with van der Waals surface area (Å²) in [5, 5.41) is 12.2. The molecule has 0 spiro atoms. The Hall–Kier alpha value is -0.370. The Labute approximate surface area is 71.4 Å². The van der Waals surface area contributed by atoms with Gasteiger partial charge in [0.1, 0.15) is 6.04 Å². The minimum atomic E-state index is -0.499. The van der Waals surface area contributed by atoms with Crippen LogP contribution in [0.1, 0.15) is 11.6 Å². The van der Waals surface area contributed by atoms with Crippen LogP contribution in [0.5, 0.6) is 0 Å². The first-order valence-electron chi connectivity index (χ1n) is 2.62. The number of nitrogens with two attached hydrogens (primary N) is 1. The first-order chi connectivity index (χ1) is 4.75. The van der Waals surface area contributed by atoms with Crippen molar-refractivity contribution in [3.63, 3.8) is 0 Å². The van der Waals surface area contributed by atoms with Crippen LogP contribution in [-0.4, -0.2) is 0 Å². The van der Waals surface area contributed by atoms with Gasteiger partial charge in [-0.05, 0) is 21.3 Å². The minimum Gasteiger partial charge on any atom is -0.312 e. The molecule has 0 aliphatic rings. The average Bonchev–Trinajstić information content (AvgIpc) is 2.34. The van der Waals surface area contributed by atoms with Gasteiger partial charge in [-0.2, -0.15) is 16.6 Å². The molecule has 1 heterocycles. The van der Waals surface area contributed by atoms with Gasteiger partial charge < -0.3 is 5.73 Å². The van der Waals surface area contributed by atoms with Crippen molar-refractivity contribution in [2.24, 2.45) is 5.73 Å². The number of halogens is 1. The summed E-state index contributed by atoms with van der Waals surface area (Å²) in [6.45, 7) is 0. The Kier molecular flexibility index (Phi) is 2.44. The number of hydrogen-bond donors (Lipinski definition) is 1. The lowest BCUT2D eigenvalue weighted by molar-refractivity contribution is 0.927. The van der Waals surface area contributed by atoms with E-state index in [0.29, 0.717) is 0 Å². The molecule has 0 amide bonds. The summed E-state index contributed by atoms with van der Waals surface area (Å²) in [7, 11) is 0. The van der Waals surface area contributed by atoms with Gasteiger partial charge in [-0.15, -0.1) is 0 Å². The van der Waals surface area contributed by atoms with Crippen molar-refractivity contribution in [2.45, 2.75) is 6.04 Å². The Balaban J connectivity index is 2.96. The van der Waals surface area contributed by atoms with E-state index in [4.69, 9.17) is 11.0 Å². The van der Waals surface area contributed by atoms with Crippen LogP contribution in [0.3, 0.4) is 0 Å². The van der Waals surface area contributed by atoms with Crippen molar-refractivity contribution in [2.75, 3.05) is 0 Å². The van der Waals surface area contributed by atoms with Gasteiger partial charge in [0.15, 0.2) is 0 Å². The molecule has 0 saturated heterocycles. The van der Waals surface area contributed by atoms with Crippen molar-refractivity contribution < 1.29 is 0 Å². The first kappa shape index (κ1) is 7.73. The molecule has 4 heteroatoms. The summed E-state index contributed by atoms with van der Waals surface area (Å²) >= 11 is 4.82. The van der Waals surface area contributed by atoms with Crippen LogP contribution in [0.4, 0.5) is 0 Å². The molecule has 1 aromatic heterocycles. The van der Waals surface area contributed by atoms with Gasteiger partial charge in [0.2, 0.25) is 0 Å². The molecule has 0 bridgehead atoms. The molecule has 0 aromatic carbocycles. The van der Waals surface area contributed by atoms with E-state index in [1.54, 1.807) is 0 Å². The Morgan fingerprint density at radius 1 is 1.70 bits per heavy atom. The smallest absolute Gasteiger partial charge is 0.120 e. The molecular formula is C6H5BrN2S. The van der Waals surface area contributed by atoms with E-state index in [1.807, 2.05) is 16.8 Å². The molecule has 1 atom stereocenters. The maximum atomic E-state index is 8.44. The van der Waals surface area contributed by atoms with E-state index in [-0.39, 0.29) is 0 Å². The second kappa shape index (κ2) is 3.15. The number of hydrogen-bond acceptors (Lipinski definition) is 3. The standard InChI is InChI=1S/C6H5BrN2S/c7-5-3-10-2-4(5)6(9)1-8/h2-3,6H,9H2. The average molecular weight is 217 g/mol. The van der Waals surface area contributed by atoms with Crippen molar-refractivity contribution >= 4 is 27.3 Å². The summed E-state index contributed by atoms with van der Waals surface area (Å²) in [6, 6.07) is 1.46. The number of nitriles is 1. The molecule has 0 aliphatic heterocycles. The number of rotatable bonds is 1. The molecule has 1 unspecified atom stereocenters. The molecule has 2 N–H and O–H groups in total. The highest BCUT2D eigenvalue weighted by molar-refractivity contribution is 9.10. The van der Waals surface area contributed by atoms with Crippen LogP contribution in [0.25, 0.3) is 0 Å². The zero-order chi connectivity index (χ0) is 7.56. The molecule has 0 radical (unpaired) electrons. The van der Waals surface area contributed by atoms with Gasteiger partial charge in [-0.1, -0.05) is 0 Å². The van der Waals surface area contributed by atoms with Crippen molar-refractivity contribution in [1.82, 2.24) is 0 Å². The Morgan fingerprint density at radius 2 is 2.40 bits per heavy atom. The minimum absolute atomic E-state index is 0.499. The first-order valence-corrected chi connectivity index (χ1v) is 4.36. The van der Waals surface area contributed by atoms with E-state index < -0.39 is 6.04 Å². The molecule has 0 aliphatic carbocycles. The fourth-order valence-electron chi connectivity index (χ4n) is 0.583. The van der Waals surface area contributed by atoms with Gasteiger partial charge in [0.25, 0.3) is 0 Å². The molecular weight excluding hydrogens is 212 g/mol. The van der Waals surface area contributed by atoms with Crippen LogP contribution < -0.4 is 5.73 Å². The van der Waals surface area contributed by atoms with Crippen molar-refractivity contribution in [1.29, 1.82) is 5.26 Å². The zero-order valence-electron chi connectivity index (χ0n) is 5.04. The molecule has 1 aromatic rings. The van der Waals surface area contributed by atoms with Gasteiger partial charge >= 0.3 is 0 Å². The highest BCUT2D eigenvalue weighted by Crippen LogP contribution is 2.25. The maximum Gasteiger partial charge on any atom is 0.120 e. The third kappa shape index (κ3) is 1.37. The van der Waals surface area contributed by atoms with E-state index >= 15 is 0 Å². The Bertz CT molecular complexity index is 263. The predicted octanol–water partition coefficient (Wildman–Crippen LogP) is 2.03. The quantitative estimate of drug-likeness (QED) is 0.782. The maximum absolute atomic E-state index is 8.44. The molecule has 52 valence electrons. The fraction of sp³-hybridized carbons (Fsp3) is 0.167. The molecule has 10 heavy (non-hydrogen) atoms. The predicted molar refractivity (Wildman–Crippen MR) is 44.6 cm³/mol. The summed E-state index contributed by atoms with van der Waals surface area (Å²) in [5.74, 6) is 0.